The molecule has 0 aliphatic carbocycles. The molecular formula is C18H31NO2. The van der Waals surface area contributed by atoms with Crippen LogP contribution in [0.5, 0.6) is 5.75 Å². The van der Waals surface area contributed by atoms with Crippen molar-refractivity contribution in [1.29, 1.82) is 0 Å². The lowest BCUT2D eigenvalue weighted by molar-refractivity contribution is 0.112. The Balaban J connectivity index is 2.55. The Kier molecular flexibility index (Phi) is 9.92. The maximum atomic E-state index is 5.71. The van der Waals surface area contributed by atoms with E-state index in [0.717, 1.165) is 57.8 Å². The zero-order chi connectivity index (χ0) is 15.3. The van der Waals surface area contributed by atoms with Crippen LogP contribution in [0.15, 0.2) is 24.3 Å². The fourth-order valence-electron chi connectivity index (χ4n) is 2.07. The van der Waals surface area contributed by atoms with Crippen LogP contribution in [-0.2, 0) is 4.74 Å². The van der Waals surface area contributed by atoms with Gasteiger partial charge in [-0.3, -0.25) is 0 Å². The van der Waals surface area contributed by atoms with Crippen LogP contribution in [0.4, 0.5) is 0 Å². The fourth-order valence-corrected chi connectivity index (χ4v) is 2.07. The van der Waals surface area contributed by atoms with E-state index in [9.17, 15) is 0 Å². The first-order valence-corrected chi connectivity index (χ1v) is 8.35. The molecular weight excluding hydrogens is 262 g/mol. The summed E-state index contributed by atoms with van der Waals surface area (Å²) in [4.78, 5) is 0. The van der Waals surface area contributed by atoms with Crippen LogP contribution in [0.3, 0.4) is 0 Å². The molecule has 3 nitrogen and oxygen atoms in total. The molecule has 0 spiro atoms. The maximum absolute atomic E-state index is 5.71. The van der Waals surface area contributed by atoms with E-state index in [1.807, 2.05) is 0 Å². The van der Waals surface area contributed by atoms with Crippen molar-refractivity contribution in [3.05, 3.63) is 29.8 Å². The molecule has 0 saturated heterocycles. The van der Waals surface area contributed by atoms with Crippen molar-refractivity contribution in [3.8, 4) is 5.75 Å². The summed E-state index contributed by atoms with van der Waals surface area (Å²) in [5.74, 6) is 0.955. The maximum Gasteiger partial charge on any atom is 0.119 e. The highest BCUT2D eigenvalue weighted by Gasteiger charge is 2.10. The monoisotopic (exact) mass is 293 g/mol. The number of ether oxygens (including phenoxy) is 2. The highest BCUT2D eigenvalue weighted by atomic mass is 16.5. The van der Waals surface area contributed by atoms with Crippen LogP contribution < -0.4 is 10.1 Å². The Morgan fingerprint density at radius 2 is 1.71 bits per heavy atom. The number of nitrogens with one attached hydrogen (secondary N) is 1. The molecule has 1 aromatic carbocycles. The Morgan fingerprint density at radius 1 is 0.952 bits per heavy atom. The van der Waals surface area contributed by atoms with Crippen LogP contribution in [0.2, 0.25) is 0 Å². The Hall–Kier alpha value is -1.06. The molecule has 1 atom stereocenters. The van der Waals surface area contributed by atoms with Gasteiger partial charge in [-0.05, 0) is 43.5 Å². The van der Waals surface area contributed by atoms with E-state index in [0.29, 0.717) is 0 Å². The van der Waals surface area contributed by atoms with Gasteiger partial charge >= 0.3 is 0 Å². The SMILES string of the molecule is CCCCOc1ccc(C(COCCC)NCCC)cc1. The number of rotatable bonds is 12. The van der Waals surface area contributed by atoms with Crippen LogP contribution >= 0.6 is 0 Å². The Morgan fingerprint density at radius 3 is 2.33 bits per heavy atom. The lowest BCUT2D eigenvalue weighted by Crippen LogP contribution is -2.26. The van der Waals surface area contributed by atoms with Gasteiger partial charge in [0.25, 0.3) is 0 Å². The molecule has 0 aromatic heterocycles. The number of hydrogen-bond donors (Lipinski definition) is 1. The standard InChI is InChI=1S/C18H31NO2/c1-4-7-14-21-17-10-8-16(9-11-17)18(19-12-5-2)15-20-13-6-3/h8-11,18-19H,4-7,12-15H2,1-3H3. The van der Waals surface area contributed by atoms with Crippen molar-refractivity contribution in [2.45, 2.75) is 52.5 Å². The molecule has 0 fully saturated rings. The molecule has 0 bridgehead atoms. The summed E-state index contributed by atoms with van der Waals surface area (Å²) in [6.45, 7) is 9.85. The van der Waals surface area contributed by atoms with Gasteiger partial charge in [-0.25, -0.2) is 0 Å². The molecule has 0 radical (unpaired) electrons. The van der Waals surface area contributed by atoms with Gasteiger partial charge in [0.2, 0.25) is 0 Å². The van der Waals surface area contributed by atoms with Gasteiger partial charge in [0.1, 0.15) is 5.75 Å². The summed E-state index contributed by atoms with van der Waals surface area (Å²) >= 11 is 0. The summed E-state index contributed by atoms with van der Waals surface area (Å²) in [5, 5.41) is 3.55. The minimum Gasteiger partial charge on any atom is -0.494 e. The van der Waals surface area contributed by atoms with E-state index in [4.69, 9.17) is 9.47 Å². The second kappa shape index (κ2) is 11.6. The highest BCUT2D eigenvalue weighted by molar-refractivity contribution is 5.29. The summed E-state index contributed by atoms with van der Waals surface area (Å²) in [6.07, 6.45) is 4.45. The number of hydrogen-bond acceptors (Lipinski definition) is 3. The fraction of sp³-hybridized carbons (Fsp3) is 0.667. The predicted molar refractivity (Wildman–Crippen MR) is 89.0 cm³/mol. The number of unbranched alkanes of at least 4 members (excludes halogenated alkanes) is 1. The van der Waals surface area contributed by atoms with E-state index in [1.165, 1.54) is 5.56 Å². The minimum absolute atomic E-state index is 0.265. The average molecular weight is 293 g/mol. The largest absolute Gasteiger partial charge is 0.494 e. The lowest BCUT2D eigenvalue weighted by atomic mass is 10.1. The molecule has 0 aliphatic rings. The highest BCUT2D eigenvalue weighted by Crippen LogP contribution is 2.19. The predicted octanol–water partition coefficient (Wildman–Crippen LogP) is 4.33. The molecule has 1 aromatic rings. The zero-order valence-corrected chi connectivity index (χ0v) is 13.9. The molecule has 0 saturated carbocycles. The van der Waals surface area contributed by atoms with Gasteiger partial charge in [0.15, 0.2) is 0 Å². The van der Waals surface area contributed by atoms with Gasteiger partial charge in [0.05, 0.1) is 19.3 Å². The average Bonchev–Trinajstić information content (AvgIpc) is 2.52. The van der Waals surface area contributed by atoms with Crippen LogP contribution in [0.25, 0.3) is 0 Å². The normalized spacial score (nSPS) is 12.3. The third-order valence-corrected chi connectivity index (χ3v) is 3.32. The topological polar surface area (TPSA) is 30.5 Å². The molecule has 21 heavy (non-hydrogen) atoms. The first-order chi connectivity index (χ1) is 10.3. The minimum atomic E-state index is 0.265. The Labute approximate surface area is 130 Å². The molecule has 3 heteroatoms. The van der Waals surface area contributed by atoms with Gasteiger partial charge in [0, 0.05) is 6.61 Å². The van der Waals surface area contributed by atoms with Crippen LogP contribution in [0, 0.1) is 0 Å². The van der Waals surface area contributed by atoms with Crippen molar-refractivity contribution < 1.29 is 9.47 Å². The van der Waals surface area contributed by atoms with E-state index >= 15 is 0 Å². The molecule has 120 valence electrons. The summed E-state index contributed by atoms with van der Waals surface area (Å²) in [7, 11) is 0. The van der Waals surface area contributed by atoms with Crippen molar-refractivity contribution in [1.82, 2.24) is 5.32 Å². The summed E-state index contributed by atoms with van der Waals surface area (Å²) in [6, 6.07) is 8.67. The second-order valence-electron chi connectivity index (χ2n) is 5.35. The van der Waals surface area contributed by atoms with E-state index in [2.05, 4.69) is 50.4 Å². The molecule has 1 rings (SSSR count). The van der Waals surface area contributed by atoms with Gasteiger partial charge < -0.3 is 14.8 Å². The first-order valence-electron chi connectivity index (χ1n) is 8.35. The molecule has 1 unspecified atom stereocenters. The van der Waals surface area contributed by atoms with Crippen LogP contribution in [0.1, 0.15) is 58.1 Å². The van der Waals surface area contributed by atoms with E-state index < -0.39 is 0 Å². The zero-order valence-electron chi connectivity index (χ0n) is 13.9. The Bertz CT molecular complexity index is 351. The van der Waals surface area contributed by atoms with Crippen molar-refractivity contribution in [2.75, 3.05) is 26.4 Å². The van der Waals surface area contributed by atoms with Crippen molar-refractivity contribution in [3.63, 3.8) is 0 Å². The van der Waals surface area contributed by atoms with E-state index in [-0.39, 0.29) is 6.04 Å². The van der Waals surface area contributed by atoms with Crippen molar-refractivity contribution >= 4 is 0 Å². The van der Waals surface area contributed by atoms with Crippen LogP contribution in [-0.4, -0.2) is 26.4 Å². The number of benzene rings is 1. The quantitative estimate of drug-likeness (QED) is 0.582. The van der Waals surface area contributed by atoms with E-state index in [1.54, 1.807) is 0 Å². The van der Waals surface area contributed by atoms with Gasteiger partial charge in [-0.1, -0.05) is 39.3 Å². The summed E-state index contributed by atoms with van der Waals surface area (Å²) < 4.78 is 11.4. The molecule has 1 N–H and O–H groups in total. The third-order valence-electron chi connectivity index (χ3n) is 3.32. The third kappa shape index (κ3) is 7.49. The first kappa shape index (κ1) is 18.0. The smallest absolute Gasteiger partial charge is 0.119 e. The lowest BCUT2D eigenvalue weighted by Gasteiger charge is -2.19. The molecule has 0 heterocycles. The second-order valence-corrected chi connectivity index (χ2v) is 5.35. The van der Waals surface area contributed by atoms with Gasteiger partial charge in [-0.2, -0.15) is 0 Å². The van der Waals surface area contributed by atoms with Crippen molar-refractivity contribution in [2.24, 2.45) is 0 Å². The summed E-state index contributed by atoms with van der Waals surface area (Å²) in [5.41, 5.74) is 1.27. The molecule has 0 aliphatic heterocycles. The van der Waals surface area contributed by atoms with Gasteiger partial charge in [-0.15, -0.1) is 0 Å². The molecule has 0 amide bonds.